The summed E-state index contributed by atoms with van der Waals surface area (Å²) >= 11 is 5.78. The molecule has 0 aliphatic carbocycles. The highest BCUT2D eigenvalue weighted by Gasteiger charge is 2.31. The van der Waals surface area contributed by atoms with Gasteiger partial charge in [-0.15, -0.1) is 12.4 Å². The average molecular weight is 433 g/mol. The van der Waals surface area contributed by atoms with Crippen LogP contribution in [0.15, 0.2) is 53.4 Å². The van der Waals surface area contributed by atoms with E-state index in [4.69, 9.17) is 11.6 Å². The van der Waals surface area contributed by atoms with Crippen LogP contribution in [0.5, 0.6) is 0 Å². The first-order valence-corrected chi connectivity index (χ1v) is 10.1. The number of halogens is 3. The van der Waals surface area contributed by atoms with Crippen molar-refractivity contribution >= 4 is 39.8 Å². The Kier molecular flexibility index (Phi) is 7.22. The maximum Gasteiger partial charge on any atom is 0.238 e. The zero-order valence-electron chi connectivity index (χ0n) is 14.3. The van der Waals surface area contributed by atoms with Crippen LogP contribution in [0, 0.1) is 5.82 Å². The average Bonchev–Trinajstić information content (AvgIpc) is 2.62. The van der Waals surface area contributed by atoms with E-state index in [2.05, 4.69) is 5.32 Å². The van der Waals surface area contributed by atoms with Gasteiger partial charge in [-0.25, -0.2) is 12.8 Å². The predicted octanol–water partition coefficient (Wildman–Crippen LogP) is 2.85. The molecule has 27 heavy (non-hydrogen) atoms. The Morgan fingerprint density at radius 3 is 2.59 bits per heavy atom. The molecule has 2 aromatic rings. The summed E-state index contributed by atoms with van der Waals surface area (Å²) in [4.78, 5) is 14.3. The van der Waals surface area contributed by atoms with Gasteiger partial charge in [-0.1, -0.05) is 23.7 Å². The number of hydrogen-bond donors (Lipinski definition) is 1. The largest absolute Gasteiger partial charge is 0.332 e. The lowest BCUT2D eigenvalue weighted by Gasteiger charge is -2.36. The van der Waals surface area contributed by atoms with Gasteiger partial charge in [-0.2, -0.15) is 0 Å². The molecule has 1 amide bonds. The number of piperazine rings is 1. The molecule has 1 aliphatic rings. The van der Waals surface area contributed by atoms with Gasteiger partial charge in [0.05, 0.1) is 10.9 Å². The molecule has 1 fully saturated rings. The van der Waals surface area contributed by atoms with Crippen molar-refractivity contribution < 1.29 is 17.6 Å². The summed E-state index contributed by atoms with van der Waals surface area (Å²) in [5, 5.41) is 3.58. The van der Waals surface area contributed by atoms with E-state index in [9.17, 15) is 17.6 Å². The molecule has 1 atom stereocenters. The SMILES string of the molecule is Cl.O=C(CS(=O)(=O)c1ccc(Cl)cc1)N1CCNCC1c1cccc(F)c1. The summed E-state index contributed by atoms with van der Waals surface area (Å²) in [6.07, 6.45) is 0. The second-order valence-electron chi connectivity index (χ2n) is 6.08. The van der Waals surface area contributed by atoms with Gasteiger partial charge in [0.25, 0.3) is 0 Å². The van der Waals surface area contributed by atoms with Crippen molar-refractivity contribution in [2.24, 2.45) is 0 Å². The standard InChI is InChI=1S/C18H18ClFN2O3S.ClH/c19-14-4-6-16(7-5-14)26(24,25)12-18(23)22-9-8-21-11-17(22)13-2-1-3-15(20)10-13;/h1-7,10,17,21H,8-9,11-12H2;1H. The molecule has 3 rings (SSSR count). The van der Waals surface area contributed by atoms with Gasteiger partial charge in [-0.3, -0.25) is 4.79 Å². The van der Waals surface area contributed by atoms with Gasteiger partial charge in [0.15, 0.2) is 9.84 Å². The first-order valence-electron chi connectivity index (χ1n) is 8.11. The Morgan fingerprint density at radius 1 is 1.22 bits per heavy atom. The molecule has 1 unspecified atom stereocenters. The summed E-state index contributed by atoms with van der Waals surface area (Å²) in [5.74, 6) is -1.54. The topological polar surface area (TPSA) is 66.5 Å². The van der Waals surface area contributed by atoms with E-state index in [1.807, 2.05) is 0 Å². The van der Waals surface area contributed by atoms with Crippen LogP contribution in [-0.4, -0.2) is 44.6 Å². The Balaban J connectivity index is 0.00000261. The Labute approximate surface area is 168 Å². The molecular formula is C18H19Cl2FN2O3S. The number of benzene rings is 2. The van der Waals surface area contributed by atoms with E-state index in [1.54, 1.807) is 12.1 Å². The third kappa shape index (κ3) is 5.19. The van der Waals surface area contributed by atoms with E-state index < -0.39 is 33.4 Å². The Bertz CT molecular complexity index is 907. The number of amides is 1. The van der Waals surface area contributed by atoms with Crippen molar-refractivity contribution in [2.45, 2.75) is 10.9 Å². The minimum Gasteiger partial charge on any atom is -0.332 e. The molecule has 0 spiro atoms. The molecule has 0 radical (unpaired) electrons. The molecule has 5 nitrogen and oxygen atoms in total. The van der Waals surface area contributed by atoms with Gasteiger partial charge < -0.3 is 10.2 Å². The second kappa shape index (κ2) is 9.01. The zero-order chi connectivity index (χ0) is 18.7. The molecular weight excluding hydrogens is 414 g/mol. The lowest BCUT2D eigenvalue weighted by Crippen LogP contribution is -2.50. The fraction of sp³-hybridized carbons (Fsp3) is 0.278. The summed E-state index contributed by atoms with van der Waals surface area (Å²) in [5.41, 5.74) is 0.634. The van der Waals surface area contributed by atoms with Crippen molar-refractivity contribution in [2.75, 3.05) is 25.4 Å². The summed E-state index contributed by atoms with van der Waals surface area (Å²) in [7, 11) is -3.78. The first kappa shape index (κ1) is 21.6. The number of nitrogens with one attached hydrogen (secondary N) is 1. The molecule has 146 valence electrons. The second-order valence-corrected chi connectivity index (χ2v) is 8.50. The monoisotopic (exact) mass is 432 g/mol. The van der Waals surface area contributed by atoms with Crippen LogP contribution < -0.4 is 5.32 Å². The van der Waals surface area contributed by atoms with Gasteiger partial charge in [0.1, 0.15) is 11.6 Å². The predicted molar refractivity (Wildman–Crippen MR) is 104 cm³/mol. The number of sulfone groups is 1. The lowest BCUT2D eigenvalue weighted by atomic mass is 10.0. The molecule has 1 aliphatic heterocycles. The Morgan fingerprint density at radius 2 is 1.93 bits per heavy atom. The van der Waals surface area contributed by atoms with Crippen LogP contribution in [0.4, 0.5) is 4.39 Å². The van der Waals surface area contributed by atoms with Gasteiger partial charge in [0.2, 0.25) is 5.91 Å². The number of carbonyl (C=O) groups excluding carboxylic acids is 1. The van der Waals surface area contributed by atoms with E-state index in [0.717, 1.165) is 0 Å². The maximum absolute atomic E-state index is 13.5. The van der Waals surface area contributed by atoms with Crippen molar-refractivity contribution in [1.29, 1.82) is 0 Å². The smallest absolute Gasteiger partial charge is 0.238 e. The van der Waals surface area contributed by atoms with Crippen molar-refractivity contribution in [3.63, 3.8) is 0 Å². The number of rotatable bonds is 4. The highest BCUT2D eigenvalue weighted by atomic mass is 35.5. The molecule has 1 saturated heterocycles. The molecule has 0 bridgehead atoms. The third-order valence-corrected chi connectivity index (χ3v) is 6.15. The maximum atomic E-state index is 13.5. The van der Waals surface area contributed by atoms with Crippen LogP contribution in [0.1, 0.15) is 11.6 Å². The van der Waals surface area contributed by atoms with E-state index in [0.29, 0.717) is 30.2 Å². The van der Waals surface area contributed by atoms with Crippen LogP contribution in [0.2, 0.25) is 5.02 Å². The minimum absolute atomic E-state index is 0. The lowest BCUT2D eigenvalue weighted by molar-refractivity contribution is -0.131. The summed E-state index contributed by atoms with van der Waals surface area (Å²) in [6, 6.07) is 11.3. The normalized spacial score (nSPS) is 17.3. The van der Waals surface area contributed by atoms with Gasteiger partial charge >= 0.3 is 0 Å². The summed E-state index contributed by atoms with van der Waals surface area (Å²) < 4.78 is 38.6. The fourth-order valence-corrected chi connectivity index (χ4v) is 4.32. The number of carbonyl (C=O) groups is 1. The van der Waals surface area contributed by atoms with Crippen LogP contribution in [-0.2, 0) is 14.6 Å². The van der Waals surface area contributed by atoms with Gasteiger partial charge in [-0.05, 0) is 42.0 Å². The van der Waals surface area contributed by atoms with Crippen molar-refractivity contribution in [3.05, 3.63) is 64.9 Å². The van der Waals surface area contributed by atoms with Crippen LogP contribution in [0.25, 0.3) is 0 Å². The quantitative estimate of drug-likeness (QED) is 0.806. The molecule has 2 aromatic carbocycles. The first-order chi connectivity index (χ1) is 12.4. The van der Waals surface area contributed by atoms with Crippen molar-refractivity contribution in [3.8, 4) is 0 Å². The minimum atomic E-state index is -3.78. The molecule has 0 saturated carbocycles. The van der Waals surface area contributed by atoms with Gasteiger partial charge in [0, 0.05) is 24.7 Å². The van der Waals surface area contributed by atoms with E-state index >= 15 is 0 Å². The van der Waals surface area contributed by atoms with E-state index in [-0.39, 0.29) is 17.3 Å². The third-order valence-electron chi connectivity index (χ3n) is 4.28. The molecule has 1 N–H and O–H groups in total. The highest BCUT2D eigenvalue weighted by molar-refractivity contribution is 7.92. The molecule has 0 aromatic heterocycles. The highest BCUT2D eigenvalue weighted by Crippen LogP contribution is 2.24. The molecule has 1 heterocycles. The fourth-order valence-electron chi connectivity index (χ4n) is 2.99. The van der Waals surface area contributed by atoms with Crippen LogP contribution in [0.3, 0.4) is 0 Å². The Hall–Kier alpha value is -1.67. The van der Waals surface area contributed by atoms with E-state index in [1.165, 1.54) is 41.3 Å². The number of hydrogen-bond acceptors (Lipinski definition) is 4. The van der Waals surface area contributed by atoms with Crippen molar-refractivity contribution in [1.82, 2.24) is 10.2 Å². The summed E-state index contributed by atoms with van der Waals surface area (Å²) in [6.45, 7) is 1.35. The number of nitrogens with zero attached hydrogens (tertiary/aromatic N) is 1. The molecule has 9 heteroatoms. The van der Waals surface area contributed by atoms with Crippen LogP contribution >= 0.6 is 24.0 Å². The zero-order valence-corrected chi connectivity index (χ0v) is 16.7.